The summed E-state index contributed by atoms with van der Waals surface area (Å²) in [5, 5.41) is 34.7. The number of pyridine rings is 3. The molecule has 16 nitrogen and oxygen atoms in total. The van der Waals surface area contributed by atoms with E-state index in [0.717, 1.165) is 53.9 Å². The van der Waals surface area contributed by atoms with Crippen LogP contribution in [-0.2, 0) is 88.4 Å². The minimum absolute atomic E-state index is 0. The van der Waals surface area contributed by atoms with Crippen LogP contribution in [0.5, 0.6) is 17.2 Å². The minimum Gasteiger partial charge on any atom is -0.491 e. The Bertz CT molecular complexity index is 3290. The predicted octanol–water partition coefficient (Wildman–Crippen LogP) is 9.15. The number of benzene rings is 5. The van der Waals surface area contributed by atoms with Crippen LogP contribution in [0, 0.1) is 32.4 Å². The summed E-state index contributed by atoms with van der Waals surface area (Å²) in [4.78, 5) is 37.5. The third kappa shape index (κ3) is 31.0. The molecular formula is C60H73B2Br2F2N3O13V4. The molecular weight excluding hydrogens is 1390 g/mol. The Kier molecular flexibility index (Phi) is 48.4. The minimum atomic E-state index is -1.51. The van der Waals surface area contributed by atoms with Crippen molar-refractivity contribution in [3.05, 3.63) is 226 Å². The number of rotatable bonds is 17. The zero-order chi connectivity index (χ0) is 57.9. The van der Waals surface area contributed by atoms with Crippen molar-refractivity contribution in [1.29, 1.82) is 0 Å². The zero-order valence-corrected chi connectivity index (χ0v) is 54.8. The summed E-state index contributed by atoms with van der Waals surface area (Å²) >= 11 is 6.69. The van der Waals surface area contributed by atoms with Crippen LogP contribution in [-0.4, -0.2) is 109 Å². The van der Waals surface area contributed by atoms with Crippen molar-refractivity contribution in [1.82, 2.24) is 14.1 Å². The summed E-state index contributed by atoms with van der Waals surface area (Å²) in [5.41, 5.74) is 6.50. The van der Waals surface area contributed by atoms with Crippen molar-refractivity contribution in [2.45, 2.75) is 43.1 Å². The summed E-state index contributed by atoms with van der Waals surface area (Å²) in [6, 6.07) is 37.2. The predicted molar refractivity (Wildman–Crippen MR) is 331 cm³/mol. The normalized spacial score (nSPS) is 9.42. The molecule has 0 fully saturated rings. The first kappa shape index (κ1) is 87.8. The number of aromatic amines is 1. The summed E-state index contributed by atoms with van der Waals surface area (Å²) in [6.45, 7) is 8.69. The Labute approximate surface area is 568 Å². The first-order chi connectivity index (χ1) is 37.8. The molecule has 5 N–H and O–H groups in total. The Hall–Kier alpha value is -4.64. The fourth-order valence-electron chi connectivity index (χ4n) is 6.63. The first-order valence-electron chi connectivity index (χ1n) is 24.2. The molecule has 0 aliphatic rings. The van der Waals surface area contributed by atoms with Gasteiger partial charge in [0.15, 0.2) is 0 Å². The van der Waals surface area contributed by atoms with Crippen LogP contribution >= 0.6 is 31.9 Å². The number of halogens is 4. The molecule has 5 aromatic carbocycles. The summed E-state index contributed by atoms with van der Waals surface area (Å²) in [6.07, 6.45) is 5.20. The van der Waals surface area contributed by atoms with E-state index in [0.29, 0.717) is 62.1 Å². The molecule has 0 unspecified atom stereocenters. The third-order valence-corrected chi connectivity index (χ3v) is 12.6. The quantitative estimate of drug-likeness (QED) is 0.0426. The van der Waals surface area contributed by atoms with E-state index >= 15 is 0 Å². The SMILES string of the molecule is C.C.C.COCCOc1ccc(-n2cc(-c3ccc(F)cc3)c(C)cc2=O)cc1.COCCOc1ccc(-n2cc(Br)c(C)cc2=O)cc1.COCCOc1ccc(B(O)O)cc1.Cc1cc(=O)[nH]cc1Br.OB(O)c1ccc(F)cc1.[V].[V].[V].[V]. The molecule has 0 bridgehead atoms. The van der Waals surface area contributed by atoms with Gasteiger partial charge in [0.25, 0.3) is 11.1 Å². The summed E-state index contributed by atoms with van der Waals surface area (Å²) < 4.78 is 61.4. The van der Waals surface area contributed by atoms with E-state index in [2.05, 4.69) is 36.8 Å². The molecule has 3 aromatic heterocycles. The van der Waals surface area contributed by atoms with Gasteiger partial charge in [-0.3, -0.25) is 23.5 Å². The Morgan fingerprint density at radius 3 is 1.16 bits per heavy atom. The second-order valence-electron chi connectivity index (χ2n) is 16.8. The van der Waals surface area contributed by atoms with Crippen LogP contribution in [0.15, 0.2) is 181 Å². The molecule has 0 atom stereocenters. The van der Waals surface area contributed by atoms with Gasteiger partial charge in [-0.05, 0) is 171 Å². The zero-order valence-electron chi connectivity index (χ0n) is 46.1. The molecule has 0 saturated heterocycles. The monoisotopic (exact) mass is 1470 g/mol. The number of ether oxygens (including phenoxy) is 6. The maximum absolute atomic E-state index is 13.2. The Balaban J connectivity index is -0.000000503. The molecule has 8 aromatic rings. The third-order valence-electron chi connectivity index (χ3n) is 10.9. The van der Waals surface area contributed by atoms with Crippen molar-refractivity contribution in [3.8, 4) is 39.8 Å². The van der Waals surface area contributed by atoms with Crippen LogP contribution in [0.1, 0.15) is 39.0 Å². The number of nitrogens with zero attached hydrogens (tertiary/aromatic N) is 2. The molecule has 0 saturated carbocycles. The molecule has 26 heteroatoms. The number of nitrogens with one attached hydrogen (secondary N) is 1. The first-order valence-corrected chi connectivity index (χ1v) is 25.8. The van der Waals surface area contributed by atoms with E-state index in [-0.39, 0.29) is 125 Å². The number of hydrogen-bond donors (Lipinski definition) is 5. The maximum atomic E-state index is 13.2. The average molecular weight is 1470 g/mol. The summed E-state index contributed by atoms with van der Waals surface area (Å²) in [5.74, 6) is 1.48. The molecule has 0 aliphatic carbocycles. The van der Waals surface area contributed by atoms with Gasteiger partial charge in [-0.25, -0.2) is 8.78 Å². The number of methoxy groups -OCH3 is 3. The van der Waals surface area contributed by atoms with Gasteiger partial charge in [-0.15, -0.1) is 0 Å². The molecule has 0 amide bonds. The van der Waals surface area contributed by atoms with Gasteiger partial charge in [0.05, 0.1) is 19.8 Å². The van der Waals surface area contributed by atoms with Crippen LogP contribution in [0.3, 0.4) is 0 Å². The van der Waals surface area contributed by atoms with Gasteiger partial charge < -0.3 is 53.5 Å². The molecule has 8 rings (SSSR count). The smallest absolute Gasteiger partial charge is 0.488 e. The van der Waals surface area contributed by atoms with Crippen molar-refractivity contribution in [3.63, 3.8) is 0 Å². The number of aryl methyl sites for hydroxylation is 3. The molecule has 460 valence electrons. The van der Waals surface area contributed by atoms with Gasteiger partial charge >= 0.3 is 14.2 Å². The number of hydrogen-bond acceptors (Lipinski definition) is 13. The van der Waals surface area contributed by atoms with E-state index in [1.54, 1.807) is 104 Å². The van der Waals surface area contributed by atoms with Gasteiger partial charge in [-0.2, -0.15) is 0 Å². The molecule has 3 heterocycles. The van der Waals surface area contributed by atoms with Crippen LogP contribution in [0.4, 0.5) is 8.78 Å². The van der Waals surface area contributed by atoms with E-state index < -0.39 is 14.2 Å². The second kappa shape index (κ2) is 47.4. The summed E-state index contributed by atoms with van der Waals surface area (Å²) in [7, 11) is 1.92. The standard InChI is InChI=1S/C21H20FNO3.C15H16BrNO3.C9H13BO4.C6H6BFO2.C6H6BrNO.3CH4.4V/c1-15-13-21(24)23(14-20(15)16-3-5-17(22)6-4-16)18-7-9-19(10-8-18)26-12-11-25-2;1-11-9-15(18)17(10-14(11)16)12-3-5-13(6-4-12)20-8-7-19-2;1-13-6-7-14-9-4-2-8(3-5-9)10(11)12;8-6-3-1-5(2-4-6)7(9)10;1-4-2-6(9)8-3-5(4)7;;;;;;;/h3-10,13-14H,11-12H2,1-2H3;3-6,9-10H,7-8H2,1-2H3;2-5,11-12H,6-7H2,1H3;1-4,9-10H;2-3H,1H3,(H,8,9);3*1H4;;;;. The van der Waals surface area contributed by atoms with Gasteiger partial charge in [0.1, 0.15) is 48.7 Å². The number of H-pyrrole nitrogens is 1. The van der Waals surface area contributed by atoms with Crippen molar-refractivity contribution < 1.29 is 132 Å². The molecule has 86 heavy (non-hydrogen) atoms. The number of aromatic nitrogens is 3. The van der Waals surface area contributed by atoms with E-state index in [1.807, 2.05) is 69.3 Å². The van der Waals surface area contributed by atoms with Gasteiger partial charge in [-0.1, -0.05) is 58.7 Å². The van der Waals surface area contributed by atoms with Crippen LogP contribution in [0.2, 0.25) is 0 Å². The largest absolute Gasteiger partial charge is 0.491 e. The van der Waals surface area contributed by atoms with E-state index in [4.69, 9.17) is 48.5 Å². The topological polar surface area (TPSA) is 213 Å². The second-order valence-corrected chi connectivity index (χ2v) is 18.5. The van der Waals surface area contributed by atoms with Gasteiger partial charge in [0.2, 0.25) is 5.56 Å². The van der Waals surface area contributed by atoms with Crippen molar-refractivity contribution in [2.24, 2.45) is 0 Å². The fourth-order valence-corrected chi connectivity index (χ4v) is 7.17. The van der Waals surface area contributed by atoms with E-state index in [1.165, 1.54) is 36.4 Å². The maximum Gasteiger partial charge on any atom is 0.488 e. The fraction of sp³-hybridized carbons (Fsp3) is 0.250. The van der Waals surface area contributed by atoms with E-state index in [9.17, 15) is 23.2 Å². The van der Waals surface area contributed by atoms with Crippen LogP contribution in [0.25, 0.3) is 22.5 Å². The Morgan fingerprint density at radius 1 is 0.465 bits per heavy atom. The van der Waals surface area contributed by atoms with Crippen LogP contribution < -0.4 is 41.8 Å². The molecule has 4 radical (unpaired) electrons. The average Bonchev–Trinajstić information content (AvgIpc) is 3.49. The molecule has 0 spiro atoms. The van der Waals surface area contributed by atoms with Crippen molar-refractivity contribution >= 4 is 57.0 Å². The molecule has 0 aliphatic heterocycles. The van der Waals surface area contributed by atoms with Gasteiger partial charge in [0, 0.05) is 158 Å². The van der Waals surface area contributed by atoms with Crippen molar-refractivity contribution in [2.75, 3.05) is 61.0 Å². The Morgan fingerprint density at radius 2 is 0.802 bits per heavy atom.